The molecule has 1 atom stereocenters. The van der Waals surface area contributed by atoms with E-state index >= 15 is 0 Å². The van der Waals surface area contributed by atoms with Crippen LogP contribution < -0.4 is 4.74 Å². The van der Waals surface area contributed by atoms with E-state index in [1.807, 2.05) is 18.2 Å². The molecule has 16 heavy (non-hydrogen) atoms. The zero-order valence-electron chi connectivity index (χ0n) is 9.03. The summed E-state index contributed by atoms with van der Waals surface area (Å²) in [5.41, 5.74) is 2.28. The summed E-state index contributed by atoms with van der Waals surface area (Å²) < 4.78 is 10.2. The summed E-state index contributed by atoms with van der Waals surface area (Å²) in [7, 11) is 1.41. The van der Waals surface area contributed by atoms with Crippen molar-refractivity contribution < 1.29 is 14.3 Å². The third-order valence-electron chi connectivity index (χ3n) is 2.75. The number of hydrogen-bond acceptors (Lipinski definition) is 3. The molecule has 0 bridgehead atoms. The molecular formula is C12H13BrO3. The molecule has 1 aromatic rings. The van der Waals surface area contributed by atoms with Gasteiger partial charge in [-0.25, -0.2) is 0 Å². The Kier molecular flexibility index (Phi) is 3.49. The maximum Gasteiger partial charge on any atom is 0.306 e. The smallest absolute Gasteiger partial charge is 0.306 e. The first-order valence-corrected chi connectivity index (χ1v) is 6.25. The molecule has 0 radical (unpaired) electrons. The van der Waals surface area contributed by atoms with E-state index in [1.165, 1.54) is 12.7 Å². The zero-order chi connectivity index (χ0) is 11.5. The van der Waals surface area contributed by atoms with E-state index in [0.29, 0.717) is 13.0 Å². The van der Waals surface area contributed by atoms with Crippen molar-refractivity contribution in [3.05, 3.63) is 29.3 Å². The fraction of sp³-hybridized carbons (Fsp3) is 0.417. The highest BCUT2D eigenvalue weighted by Crippen LogP contribution is 2.36. The van der Waals surface area contributed by atoms with Gasteiger partial charge >= 0.3 is 5.97 Å². The van der Waals surface area contributed by atoms with Gasteiger partial charge in [-0.2, -0.15) is 0 Å². The number of rotatable bonds is 3. The lowest BCUT2D eigenvalue weighted by atomic mass is 9.97. The van der Waals surface area contributed by atoms with E-state index in [-0.39, 0.29) is 11.9 Å². The SMILES string of the molecule is COC(=O)C[C@@H]1COc2cc(CBr)ccc21. The van der Waals surface area contributed by atoms with Crippen LogP contribution >= 0.6 is 15.9 Å². The number of hydrogen-bond donors (Lipinski definition) is 0. The molecule has 0 amide bonds. The summed E-state index contributed by atoms with van der Waals surface area (Å²) in [5, 5.41) is 0.811. The van der Waals surface area contributed by atoms with Gasteiger partial charge in [0.15, 0.2) is 0 Å². The van der Waals surface area contributed by atoms with Crippen molar-refractivity contribution in [2.75, 3.05) is 13.7 Å². The molecule has 4 heteroatoms. The number of ether oxygens (including phenoxy) is 2. The summed E-state index contributed by atoms with van der Waals surface area (Å²) in [6.07, 6.45) is 0.386. The summed E-state index contributed by atoms with van der Waals surface area (Å²) in [5.74, 6) is 0.837. The molecule has 2 rings (SSSR count). The lowest BCUT2D eigenvalue weighted by Crippen LogP contribution is -2.09. The third kappa shape index (κ3) is 2.21. The largest absolute Gasteiger partial charge is 0.493 e. The lowest BCUT2D eigenvalue weighted by molar-refractivity contribution is -0.141. The number of halogens is 1. The van der Waals surface area contributed by atoms with Crippen LogP contribution in [0, 0.1) is 0 Å². The van der Waals surface area contributed by atoms with Crippen molar-refractivity contribution in [1.82, 2.24) is 0 Å². The Balaban J connectivity index is 2.17. The Hall–Kier alpha value is -1.03. The molecule has 0 spiro atoms. The maximum absolute atomic E-state index is 11.2. The van der Waals surface area contributed by atoms with Crippen LogP contribution in [0.3, 0.4) is 0 Å². The number of esters is 1. The molecule has 0 fully saturated rings. The molecule has 0 saturated heterocycles. The number of alkyl halides is 1. The first-order chi connectivity index (χ1) is 7.74. The Bertz CT molecular complexity index is 403. The zero-order valence-corrected chi connectivity index (χ0v) is 10.6. The molecule has 3 nitrogen and oxygen atoms in total. The number of benzene rings is 1. The van der Waals surface area contributed by atoms with E-state index in [0.717, 1.165) is 16.6 Å². The van der Waals surface area contributed by atoms with Crippen LogP contribution in [0.1, 0.15) is 23.5 Å². The number of methoxy groups -OCH3 is 1. The van der Waals surface area contributed by atoms with Crippen LogP contribution in [0.25, 0.3) is 0 Å². The van der Waals surface area contributed by atoms with E-state index in [2.05, 4.69) is 20.7 Å². The fourth-order valence-corrected chi connectivity index (χ4v) is 2.21. The van der Waals surface area contributed by atoms with Crippen molar-refractivity contribution in [3.8, 4) is 5.75 Å². The van der Waals surface area contributed by atoms with Gasteiger partial charge in [-0.05, 0) is 11.6 Å². The van der Waals surface area contributed by atoms with Gasteiger partial charge in [-0.15, -0.1) is 0 Å². The van der Waals surface area contributed by atoms with E-state index < -0.39 is 0 Å². The standard InChI is InChI=1S/C12H13BrO3/c1-15-12(14)5-9-7-16-11-4-8(6-13)2-3-10(9)11/h2-4,9H,5-7H2,1H3/t9-/m1/s1. The predicted molar refractivity (Wildman–Crippen MR) is 63.9 cm³/mol. The minimum Gasteiger partial charge on any atom is -0.493 e. The molecule has 0 saturated carbocycles. The molecule has 1 aliphatic rings. The van der Waals surface area contributed by atoms with E-state index in [9.17, 15) is 4.79 Å². The average Bonchev–Trinajstić information content (AvgIpc) is 2.71. The minimum atomic E-state index is -0.189. The van der Waals surface area contributed by atoms with Crippen LogP contribution in [-0.4, -0.2) is 19.7 Å². The molecular weight excluding hydrogens is 272 g/mol. The second-order valence-electron chi connectivity index (χ2n) is 3.79. The van der Waals surface area contributed by atoms with Crippen LogP contribution in [0.5, 0.6) is 5.75 Å². The molecule has 1 aliphatic heterocycles. The Morgan fingerprint density at radius 1 is 1.62 bits per heavy atom. The van der Waals surface area contributed by atoms with Gasteiger partial charge in [0, 0.05) is 16.8 Å². The highest BCUT2D eigenvalue weighted by molar-refractivity contribution is 9.08. The second-order valence-corrected chi connectivity index (χ2v) is 4.35. The van der Waals surface area contributed by atoms with Crippen LogP contribution in [0.4, 0.5) is 0 Å². The van der Waals surface area contributed by atoms with Crippen molar-refractivity contribution >= 4 is 21.9 Å². The van der Waals surface area contributed by atoms with E-state index in [1.54, 1.807) is 0 Å². The summed E-state index contributed by atoms with van der Waals surface area (Å²) in [4.78, 5) is 11.2. The van der Waals surface area contributed by atoms with Crippen molar-refractivity contribution in [2.24, 2.45) is 0 Å². The Labute approximate surface area is 103 Å². The first kappa shape index (κ1) is 11.5. The normalized spacial score (nSPS) is 17.8. The van der Waals surface area contributed by atoms with Crippen molar-refractivity contribution in [2.45, 2.75) is 17.7 Å². The highest BCUT2D eigenvalue weighted by atomic mass is 79.9. The fourth-order valence-electron chi connectivity index (χ4n) is 1.86. The number of carbonyl (C=O) groups excluding carboxylic acids is 1. The van der Waals surface area contributed by atoms with Crippen LogP contribution in [-0.2, 0) is 14.9 Å². The average molecular weight is 285 g/mol. The highest BCUT2D eigenvalue weighted by Gasteiger charge is 2.26. The topological polar surface area (TPSA) is 35.5 Å². The Morgan fingerprint density at radius 2 is 2.44 bits per heavy atom. The van der Waals surface area contributed by atoms with Gasteiger partial charge in [-0.3, -0.25) is 4.79 Å². The van der Waals surface area contributed by atoms with E-state index in [4.69, 9.17) is 4.74 Å². The quantitative estimate of drug-likeness (QED) is 0.632. The molecule has 0 aromatic heterocycles. The number of fused-ring (bicyclic) bond motifs is 1. The maximum atomic E-state index is 11.2. The monoisotopic (exact) mass is 284 g/mol. The van der Waals surface area contributed by atoms with Crippen molar-refractivity contribution in [3.63, 3.8) is 0 Å². The molecule has 0 aliphatic carbocycles. The second kappa shape index (κ2) is 4.87. The van der Waals surface area contributed by atoms with Gasteiger partial charge in [-0.1, -0.05) is 28.1 Å². The van der Waals surface area contributed by atoms with Gasteiger partial charge in [0.25, 0.3) is 0 Å². The minimum absolute atomic E-state index is 0.131. The van der Waals surface area contributed by atoms with Gasteiger partial charge in [0.1, 0.15) is 5.75 Å². The van der Waals surface area contributed by atoms with Gasteiger partial charge in [0.05, 0.1) is 20.1 Å². The van der Waals surface area contributed by atoms with Gasteiger partial charge in [0.2, 0.25) is 0 Å². The molecule has 1 aromatic carbocycles. The van der Waals surface area contributed by atoms with Crippen LogP contribution in [0.2, 0.25) is 0 Å². The third-order valence-corrected chi connectivity index (χ3v) is 3.40. The predicted octanol–water partition coefficient (Wildman–Crippen LogP) is 2.62. The van der Waals surface area contributed by atoms with Gasteiger partial charge < -0.3 is 9.47 Å². The number of carbonyl (C=O) groups is 1. The molecule has 0 unspecified atom stereocenters. The first-order valence-electron chi connectivity index (χ1n) is 5.13. The van der Waals surface area contributed by atoms with Crippen molar-refractivity contribution in [1.29, 1.82) is 0 Å². The summed E-state index contributed by atoms with van der Waals surface area (Å²) in [6, 6.07) is 6.10. The molecule has 0 N–H and O–H groups in total. The lowest BCUT2D eigenvalue weighted by Gasteiger charge is -2.06. The molecule has 1 heterocycles. The summed E-state index contributed by atoms with van der Waals surface area (Å²) >= 11 is 3.40. The molecule has 86 valence electrons. The van der Waals surface area contributed by atoms with Crippen LogP contribution in [0.15, 0.2) is 18.2 Å². The summed E-state index contributed by atoms with van der Waals surface area (Å²) in [6.45, 7) is 0.566. The Morgan fingerprint density at radius 3 is 3.12 bits per heavy atom.